The molecular weight excluding hydrogens is 330 g/mol. The molecule has 3 aromatic rings. The fourth-order valence-corrected chi connectivity index (χ4v) is 4.30. The number of hydrogen-bond acceptors (Lipinski definition) is 6. The third-order valence-electron chi connectivity index (χ3n) is 3.64. The van der Waals surface area contributed by atoms with Gasteiger partial charge in [0.05, 0.1) is 22.8 Å². The Bertz CT molecular complexity index is 804. The Morgan fingerprint density at radius 2 is 2.26 bits per heavy atom. The van der Waals surface area contributed by atoms with Gasteiger partial charge in [-0.05, 0) is 24.3 Å². The van der Waals surface area contributed by atoms with Gasteiger partial charge in [0.2, 0.25) is 5.91 Å². The third-order valence-corrected chi connectivity index (χ3v) is 5.63. The summed E-state index contributed by atoms with van der Waals surface area (Å²) in [5, 5.41) is 6.92. The Hall–Kier alpha value is -1.83. The fraction of sp³-hybridized carbons (Fsp3) is 0.250. The third kappa shape index (κ3) is 3.12. The fourth-order valence-electron chi connectivity index (χ4n) is 2.43. The van der Waals surface area contributed by atoms with Crippen LogP contribution in [0, 0.1) is 0 Å². The lowest BCUT2D eigenvalue weighted by Crippen LogP contribution is -2.41. The number of thioether (sulfide) groups is 1. The summed E-state index contributed by atoms with van der Waals surface area (Å²) in [5.41, 5.74) is 0.976. The highest BCUT2D eigenvalue weighted by Crippen LogP contribution is 2.31. The van der Waals surface area contributed by atoms with Crippen molar-refractivity contribution >= 4 is 39.2 Å². The monoisotopic (exact) mass is 345 g/mol. The molecule has 1 aliphatic rings. The number of hydrogen-bond donors (Lipinski definition) is 2. The van der Waals surface area contributed by atoms with Gasteiger partial charge in [-0.2, -0.15) is 0 Å². The molecular formula is C16H15N3O2S2. The summed E-state index contributed by atoms with van der Waals surface area (Å²) in [4.78, 5) is 16.6. The second kappa shape index (κ2) is 6.35. The first-order valence-electron chi connectivity index (χ1n) is 7.33. The molecule has 0 unspecified atom stereocenters. The maximum Gasteiger partial charge on any atom is 0.238 e. The van der Waals surface area contributed by atoms with Crippen LogP contribution in [-0.4, -0.2) is 28.6 Å². The van der Waals surface area contributed by atoms with Crippen molar-refractivity contribution in [1.29, 1.82) is 0 Å². The molecule has 1 saturated heterocycles. The van der Waals surface area contributed by atoms with Crippen LogP contribution in [-0.2, 0) is 11.3 Å². The number of carbonyl (C=O) groups excluding carboxylic acids is 1. The van der Waals surface area contributed by atoms with Crippen molar-refractivity contribution in [2.45, 2.75) is 12.6 Å². The van der Waals surface area contributed by atoms with Gasteiger partial charge in [-0.1, -0.05) is 12.1 Å². The van der Waals surface area contributed by atoms with E-state index in [1.807, 2.05) is 36.4 Å². The van der Waals surface area contributed by atoms with Crippen LogP contribution in [0.15, 0.2) is 40.8 Å². The van der Waals surface area contributed by atoms with E-state index < -0.39 is 0 Å². The zero-order valence-electron chi connectivity index (χ0n) is 12.2. The van der Waals surface area contributed by atoms with Gasteiger partial charge >= 0.3 is 0 Å². The molecule has 0 spiro atoms. The predicted octanol–water partition coefficient (Wildman–Crippen LogP) is 2.83. The molecule has 4 rings (SSSR count). The van der Waals surface area contributed by atoms with E-state index >= 15 is 0 Å². The smallest absolute Gasteiger partial charge is 0.238 e. The van der Waals surface area contributed by atoms with Gasteiger partial charge in [-0.25, -0.2) is 4.98 Å². The van der Waals surface area contributed by atoms with Crippen LogP contribution in [0.1, 0.15) is 5.76 Å². The summed E-state index contributed by atoms with van der Waals surface area (Å²) < 4.78 is 6.96. The highest BCUT2D eigenvalue weighted by atomic mass is 32.2. The first kappa shape index (κ1) is 14.7. The number of nitrogens with one attached hydrogen (secondary N) is 2. The summed E-state index contributed by atoms with van der Waals surface area (Å²) in [6, 6.07) is 11.7. The van der Waals surface area contributed by atoms with Gasteiger partial charge in [0.15, 0.2) is 10.8 Å². The second-order valence-electron chi connectivity index (χ2n) is 5.24. The van der Waals surface area contributed by atoms with Crippen LogP contribution in [0.3, 0.4) is 0 Å². The number of carbonyl (C=O) groups is 1. The molecule has 2 aromatic heterocycles. The second-order valence-corrected chi connectivity index (χ2v) is 7.30. The van der Waals surface area contributed by atoms with E-state index in [4.69, 9.17) is 4.42 Å². The van der Waals surface area contributed by atoms with Crippen molar-refractivity contribution in [2.75, 3.05) is 11.6 Å². The normalized spacial score (nSPS) is 17.7. The van der Waals surface area contributed by atoms with Gasteiger partial charge in [-0.3, -0.25) is 10.1 Å². The van der Waals surface area contributed by atoms with Gasteiger partial charge in [0.1, 0.15) is 5.76 Å². The Kier molecular flexibility index (Phi) is 4.07. The lowest BCUT2D eigenvalue weighted by molar-refractivity contribution is -0.122. The number of furan rings is 1. The lowest BCUT2D eigenvalue weighted by Gasteiger charge is -2.08. The van der Waals surface area contributed by atoms with E-state index in [1.165, 1.54) is 0 Å². The number of aromatic nitrogens is 1. The summed E-state index contributed by atoms with van der Waals surface area (Å²) in [6.07, 6.45) is 0. The van der Waals surface area contributed by atoms with Crippen molar-refractivity contribution < 1.29 is 9.21 Å². The number of nitrogens with zero attached hydrogens (tertiary/aromatic N) is 1. The standard InChI is InChI=1S/C16H15N3O2S2/c20-15(12-8-22-9-18-12)17-7-10-5-6-13(21-10)16-19-11-3-1-2-4-14(11)23-16/h1-6,12,18H,7-9H2,(H,17,20)/t12-/m0/s1. The number of fused-ring (bicyclic) bond motifs is 1. The average Bonchev–Trinajstić information content (AvgIpc) is 3.31. The van der Waals surface area contributed by atoms with E-state index in [1.54, 1.807) is 23.1 Å². The molecule has 118 valence electrons. The molecule has 0 radical (unpaired) electrons. The van der Waals surface area contributed by atoms with E-state index in [9.17, 15) is 4.79 Å². The summed E-state index contributed by atoms with van der Waals surface area (Å²) >= 11 is 3.34. The Balaban J connectivity index is 1.45. The Labute approximate surface area is 141 Å². The van der Waals surface area contributed by atoms with Crippen LogP contribution in [0.25, 0.3) is 21.0 Å². The highest BCUT2D eigenvalue weighted by Gasteiger charge is 2.22. The molecule has 2 N–H and O–H groups in total. The largest absolute Gasteiger partial charge is 0.457 e. The average molecular weight is 345 g/mol. The number of rotatable bonds is 4. The van der Waals surface area contributed by atoms with Gasteiger partial charge < -0.3 is 9.73 Å². The minimum absolute atomic E-state index is 0.0212. The molecule has 1 aromatic carbocycles. The molecule has 1 atom stereocenters. The summed E-state index contributed by atoms with van der Waals surface area (Å²) in [6.45, 7) is 0.395. The van der Waals surface area contributed by atoms with Crippen LogP contribution in [0.5, 0.6) is 0 Å². The Morgan fingerprint density at radius 1 is 1.35 bits per heavy atom. The maximum atomic E-state index is 12.0. The molecule has 0 bridgehead atoms. The van der Waals surface area contributed by atoms with Crippen LogP contribution in [0.2, 0.25) is 0 Å². The van der Waals surface area contributed by atoms with Crippen molar-refractivity contribution in [1.82, 2.24) is 15.6 Å². The van der Waals surface area contributed by atoms with E-state index in [2.05, 4.69) is 15.6 Å². The number of amides is 1. The maximum absolute atomic E-state index is 12.0. The predicted molar refractivity (Wildman–Crippen MR) is 93.4 cm³/mol. The van der Waals surface area contributed by atoms with E-state index in [-0.39, 0.29) is 11.9 Å². The number of benzene rings is 1. The molecule has 5 nitrogen and oxygen atoms in total. The van der Waals surface area contributed by atoms with Crippen LogP contribution < -0.4 is 10.6 Å². The first-order valence-corrected chi connectivity index (χ1v) is 9.30. The van der Waals surface area contributed by atoms with Crippen molar-refractivity contribution in [3.8, 4) is 10.8 Å². The molecule has 0 aliphatic carbocycles. The number of thiazole rings is 1. The molecule has 3 heterocycles. The highest BCUT2D eigenvalue weighted by molar-refractivity contribution is 7.99. The van der Waals surface area contributed by atoms with E-state index in [0.717, 1.165) is 38.4 Å². The van der Waals surface area contributed by atoms with Crippen molar-refractivity contribution in [3.63, 3.8) is 0 Å². The number of para-hydroxylation sites is 1. The SMILES string of the molecule is O=C(NCc1ccc(-c2nc3ccccc3s2)o1)[C@@H]1CSCN1. The molecule has 1 amide bonds. The summed E-state index contributed by atoms with van der Waals surface area (Å²) in [7, 11) is 0. The molecule has 1 fully saturated rings. The van der Waals surface area contributed by atoms with Gasteiger partial charge in [-0.15, -0.1) is 23.1 Å². The van der Waals surface area contributed by atoms with Crippen molar-refractivity contribution in [3.05, 3.63) is 42.2 Å². The van der Waals surface area contributed by atoms with Gasteiger partial charge in [0.25, 0.3) is 0 Å². The van der Waals surface area contributed by atoms with Crippen LogP contribution in [0.4, 0.5) is 0 Å². The van der Waals surface area contributed by atoms with E-state index in [0.29, 0.717) is 6.54 Å². The Morgan fingerprint density at radius 3 is 3.09 bits per heavy atom. The zero-order chi connectivity index (χ0) is 15.6. The lowest BCUT2D eigenvalue weighted by atomic mass is 10.3. The topological polar surface area (TPSA) is 67.2 Å². The molecule has 7 heteroatoms. The minimum Gasteiger partial charge on any atom is -0.457 e. The summed E-state index contributed by atoms with van der Waals surface area (Å²) in [5.74, 6) is 3.15. The molecule has 0 saturated carbocycles. The zero-order valence-corrected chi connectivity index (χ0v) is 13.9. The molecule has 1 aliphatic heterocycles. The van der Waals surface area contributed by atoms with Crippen molar-refractivity contribution in [2.24, 2.45) is 0 Å². The first-order chi connectivity index (χ1) is 11.3. The van der Waals surface area contributed by atoms with Crippen LogP contribution >= 0.6 is 23.1 Å². The van der Waals surface area contributed by atoms with Gasteiger partial charge in [0, 0.05) is 11.6 Å². The molecule has 23 heavy (non-hydrogen) atoms. The quantitative estimate of drug-likeness (QED) is 0.761. The minimum atomic E-state index is -0.0984.